The van der Waals surface area contributed by atoms with Gasteiger partial charge in [-0.3, -0.25) is 8.75 Å². The fraction of sp³-hybridized carbons (Fsp3) is 0.333. The van der Waals surface area contributed by atoms with Gasteiger partial charge in [0.15, 0.2) is 8.46 Å². The molecule has 0 saturated carbocycles. The monoisotopic (exact) mass is 246 g/mol. The number of benzene rings is 1. The largest absolute Gasteiger partial charge is 0.296 e. The van der Waals surface area contributed by atoms with Gasteiger partial charge in [0.2, 0.25) is 0 Å². The molecule has 0 aromatic heterocycles. The van der Waals surface area contributed by atoms with Crippen molar-refractivity contribution in [3.63, 3.8) is 0 Å². The Kier molecular flexibility index (Phi) is 4.39. The predicted octanol–water partition coefficient (Wildman–Crippen LogP) is 1.99. The summed E-state index contributed by atoms with van der Waals surface area (Å²) in [5.74, 6) is 0. The first-order valence-corrected chi connectivity index (χ1v) is 6.72. The van der Waals surface area contributed by atoms with Gasteiger partial charge in [0.1, 0.15) is 0 Å². The summed E-state index contributed by atoms with van der Waals surface area (Å²) in [5, 5.41) is 0. The molecule has 4 nitrogen and oxygen atoms in total. The Morgan fingerprint density at radius 1 is 1.27 bits per heavy atom. The highest BCUT2D eigenvalue weighted by molar-refractivity contribution is 7.86. The molecule has 0 radical (unpaired) electrons. The summed E-state index contributed by atoms with van der Waals surface area (Å²) in [6.07, 6.45) is 0.172. The Labute approximate surface area is 90.6 Å². The molecule has 82 valence electrons. The van der Waals surface area contributed by atoms with Crippen molar-refractivity contribution >= 4 is 18.6 Å². The van der Waals surface area contributed by atoms with Crippen LogP contribution in [0, 0.1) is 6.92 Å². The fourth-order valence-corrected chi connectivity index (χ4v) is 2.15. The van der Waals surface area contributed by atoms with Crippen LogP contribution in [0.15, 0.2) is 29.2 Å². The third-order valence-corrected chi connectivity index (χ3v) is 3.42. The highest BCUT2D eigenvalue weighted by Gasteiger charge is 2.13. The first-order chi connectivity index (χ1) is 7.06. The lowest BCUT2D eigenvalue weighted by molar-refractivity contribution is 0.340. The lowest BCUT2D eigenvalue weighted by Crippen LogP contribution is -2.08. The highest BCUT2D eigenvalue weighted by atomic mass is 32.2. The van der Waals surface area contributed by atoms with E-state index in [2.05, 4.69) is 4.18 Å². The van der Waals surface area contributed by atoms with Crippen molar-refractivity contribution in [2.45, 2.75) is 11.8 Å². The van der Waals surface area contributed by atoms with Crippen molar-refractivity contribution in [3.05, 3.63) is 29.8 Å². The zero-order valence-electron chi connectivity index (χ0n) is 8.21. The molecule has 0 aliphatic heterocycles. The molecule has 0 unspecified atom stereocenters. The summed E-state index contributed by atoms with van der Waals surface area (Å²) in [5.41, 5.74) is 0.979. The number of aryl methyl sites for hydroxylation is 1. The Morgan fingerprint density at radius 2 is 1.87 bits per heavy atom. The molecule has 15 heavy (non-hydrogen) atoms. The normalized spacial score (nSPS) is 11.8. The van der Waals surface area contributed by atoms with Crippen LogP contribution in [0.3, 0.4) is 0 Å². The number of hydrogen-bond acceptors (Lipinski definition) is 4. The lowest BCUT2D eigenvalue weighted by atomic mass is 10.2. The second kappa shape index (κ2) is 5.35. The quantitative estimate of drug-likeness (QED) is 0.453. The van der Waals surface area contributed by atoms with Gasteiger partial charge < -0.3 is 0 Å². The van der Waals surface area contributed by atoms with Gasteiger partial charge in [0.25, 0.3) is 10.1 Å². The van der Waals surface area contributed by atoms with Crippen LogP contribution in [0.1, 0.15) is 5.56 Å². The van der Waals surface area contributed by atoms with Crippen LogP contribution >= 0.6 is 8.46 Å². The van der Waals surface area contributed by atoms with Crippen molar-refractivity contribution in [3.8, 4) is 0 Å². The van der Waals surface area contributed by atoms with Gasteiger partial charge >= 0.3 is 0 Å². The molecule has 1 aromatic carbocycles. The van der Waals surface area contributed by atoms with Gasteiger partial charge in [-0.25, -0.2) is 0 Å². The van der Waals surface area contributed by atoms with Crippen molar-refractivity contribution in [1.82, 2.24) is 0 Å². The van der Waals surface area contributed by atoms with Gasteiger partial charge in [-0.2, -0.15) is 8.42 Å². The average Bonchev–Trinajstić information content (AvgIpc) is 2.18. The third-order valence-electron chi connectivity index (χ3n) is 1.73. The van der Waals surface area contributed by atoms with Gasteiger partial charge in [-0.1, -0.05) is 17.7 Å². The molecule has 1 aromatic rings. The van der Waals surface area contributed by atoms with Crippen molar-refractivity contribution < 1.29 is 17.2 Å². The minimum Gasteiger partial charge on any atom is -0.275 e. The molecule has 0 aliphatic rings. The van der Waals surface area contributed by atoms with E-state index in [-0.39, 0.29) is 26.1 Å². The van der Waals surface area contributed by atoms with E-state index >= 15 is 0 Å². The standard InChI is InChI=1S/C9H11O4PS/c1-8-2-4-9(5-3-8)15(11,12)13-6-7-14-10/h2-5H,6-7H2,1H3. The van der Waals surface area contributed by atoms with Crippen LogP contribution < -0.4 is 0 Å². The molecule has 0 fully saturated rings. The summed E-state index contributed by atoms with van der Waals surface area (Å²) >= 11 is 0. The minimum absolute atomic E-state index is 0.0682. The van der Waals surface area contributed by atoms with Crippen LogP contribution in [-0.2, 0) is 18.9 Å². The first-order valence-electron chi connectivity index (χ1n) is 4.31. The summed E-state index contributed by atoms with van der Waals surface area (Å²) in [7, 11) is -3.81. The molecule has 0 amide bonds. The topological polar surface area (TPSA) is 60.4 Å². The van der Waals surface area contributed by atoms with Gasteiger partial charge in [-0.05, 0) is 19.1 Å². The van der Waals surface area contributed by atoms with Crippen molar-refractivity contribution in [1.29, 1.82) is 0 Å². The first kappa shape index (κ1) is 12.3. The van der Waals surface area contributed by atoms with Crippen molar-refractivity contribution in [2.75, 3.05) is 12.8 Å². The maximum Gasteiger partial charge on any atom is 0.296 e. The minimum atomic E-state index is -3.69. The van der Waals surface area contributed by atoms with E-state index in [0.29, 0.717) is 0 Å². The molecular formula is C9H11O4PS. The summed E-state index contributed by atoms with van der Waals surface area (Å²) in [4.78, 5) is 0.121. The van der Waals surface area contributed by atoms with E-state index < -0.39 is 10.1 Å². The Bertz CT molecular complexity index is 424. The smallest absolute Gasteiger partial charge is 0.275 e. The molecule has 0 aliphatic carbocycles. The number of rotatable bonds is 5. The second-order valence-electron chi connectivity index (χ2n) is 2.94. The van der Waals surface area contributed by atoms with Gasteiger partial charge in [0, 0.05) is 0 Å². The van der Waals surface area contributed by atoms with E-state index in [4.69, 9.17) is 0 Å². The van der Waals surface area contributed by atoms with E-state index in [0.717, 1.165) is 5.56 Å². The van der Waals surface area contributed by atoms with E-state index in [9.17, 15) is 13.0 Å². The molecular weight excluding hydrogens is 235 g/mol. The molecule has 0 atom stereocenters. The lowest BCUT2D eigenvalue weighted by Gasteiger charge is -2.03. The molecule has 0 heterocycles. The Balaban J connectivity index is 2.77. The van der Waals surface area contributed by atoms with Crippen LogP contribution in [0.4, 0.5) is 0 Å². The summed E-state index contributed by atoms with van der Waals surface area (Å²) in [6.45, 7) is 1.80. The number of hydrogen-bond donors (Lipinski definition) is 0. The van der Waals surface area contributed by atoms with E-state index in [1.54, 1.807) is 12.1 Å². The maximum absolute atomic E-state index is 11.5. The van der Waals surface area contributed by atoms with Gasteiger partial charge in [0.05, 0.1) is 17.7 Å². The predicted molar refractivity (Wildman–Crippen MR) is 56.8 cm³/mol. The Morgan fingerprint density at radius 3 is 2.40 bits per heavy atom. The molecule has 0 bridgehead atoms. The second-order valence-corrected chi connectivity index (χ2v) is 5.26. The van der Waals surface area contributed by atoms with E-state index in [1.165, 1.54) is 12.1 Å². The molecule has 6 heteroatoms. The van der Waals surface area contributed by atoms with Crippen molar-refractivity contribution in [2.24, 2.45) is 0 Å². The SMILES string of the molecule is Cc1ccc(S(=O)(=O)OCCP=O)cc1. The van der Waals surface area contributed by atoms with Crippen LogP contribution in [0.5, 0.6) is 0 Å². The molecule has 0 spiro atoms. The maximum atomic E-state index is 11.5. The summed E-state index contributed by atoms with van der Waals surface area (Å²) < 4.78 is 37.7. The zero-order valence-corrected chi connectivity index (χ0v) is 9.92. The van der Waals surface area contributed by atoms with E-state index in [1.807, 2.05) is 6.92 Å². The molecule has 1 rings (SSSR count). The zero-order chi connectivity index (χ0) is 11.3. The molecule has 0 N–H and O–H groups in total. The van der Waals surface area contributed by atoms with Gasteiger partial charge in [-0.15, -0.1) is 0 Å². The third kappa shape index (κ3) is 3.70. The molecule has 0 saturated heterocycles. The van der Waals surface area contributed by atoms with Crippen LogP contribution in [0.25, 0.3) is 0 Å². The van der Waals surface area contributed by atoms with Crippen LogP contribution in [0.2, 0.25) is 0 Å². The van der Waals surface area contributed by atoms with Crippen LogP contribution in [-0.4, -0.2) is 21.2 Å². The Hall–Kier alpha value is -0.770. The average molecular weight is 246 g/mol. The summed E-state index contributed by atoms with van der Waals surface area (Å²) in [6, 6.07) is 6.36. The highest BCUT2D eigenvalue weighted by Crippen LogP contribution is 2.13. The fourth-order valence-electron chi connectivity index (χ4n) is 0.957.